The Balaban J connectivity index is 1.93. The summed E-state index contributed by atoms with van der Waals surface area (Å²) >= 11 is 0. The molecule has 0 radical (unpaired) electrons. The second-order valence-corrected chi connectivity index (χ2v) is 14.0. The first kappa shape index (κ1) is 36.5. The van der Waals surface area contributed by atoms with Gasteiger partial charge in [0, 0.05) is 23.5 Å². The molecule has 1 saturated heterocycles. The van der Waals surface area contributed by atoms with Gasteiger partial charge in [-0.15, -0.1) is 0 Å². The minimum atomic E-state index is -3.98. The van der Waals surface area contributed by atoms with Gasteiger partial charge in [0.1, 0.15) is 6.04 Å². The zero-order chi connectivity index (χ0) is 36.0. The molecule has 14 nitrogen and oxygen atoms in total. The van der Waals surface area contributed by atoms with Crippen LogP contribution in [0.15, 0.2) is 65.6 Å². The van der Waals surface area contributed by atoms with Crippen molar-refractivity contribution in [2.75, 3.05) is 45.6 Å². The number of hydrogen-bond acceptors (Lipinski definition) is 11. The maximum atomic E-state index is 14.9. The highest BCUT2D eigenvalue weighted by molar-refractivity contribution is 7.92. The van der Waals surface area contributed by atoms with Crippen molar-refractivity contribution in [3.63, 3.8) is 0 Å². The number of nitrogens with one attached hydrogen (secondary N) is 2. The van der Waals surface area contributed by atoms with Crippen molar-refractivity contribution in [2.45, 2.75) is 42.5 Å². The summed E-state index contributed by atoms with van der Waals surface area (Å²) in [6.07, 6.45) is -0.653. The van der Waals surface area contributed by atoms with E-state index in [0.29, 0.717) is 22.7 Å². The summed E-state index contributed by atoms with van der Waals surface area (Å²) in [5, 5.41) is 4.87. The molecule has 15 heteroatoms. The van der Waals surface area contributed by atoms with E-state index in [0.717, 1.165) is 0 Å². The second kappa shape index (κ2) is 15.3. The number of sulfone groups is 1. The van der Waals surface area contributed by atoms with Crippen LogP contribution >= 0.6 is 0 Å². The maximum Gasteiger partial charge on any atom is 0.411 e. The number of nitrogens with zero attached hydrogens (tertiary/aromatic N) is 1. The van der Waals surface area contributed by atoms with Gasteiger partial charge in [-0.25, -0.2) is 13.2 Å². The fourth-order valence-electron chi connectivity index (χ4n) is 5.78. The number of anilines is 2. The van der Waals surface area contributed by atoms with Crippen LogP contribution < -0.4 is 25.8 Å². The Kier molecular flexibility index (Phi) is 11.4. The standard InChI is InChI=1S/C34H40N4O10S/c1-19(2)49(43,44)28-13-11-23(37-34(42)48-6)18-25(28)30-24(33(41)47-5)14-15-38(30)32(40)29(20-10-12-26(45-3)27(17-20)46-4)36-22-9-7-8-21(16-22)31(35)39/h7-13,16-19,24,29-30,36H,14-15H2,1-6H3,(H2,35,39)(H,37,42)/t24-,29-,30+/m0/s1. The average Bonchev–Trinajstić information content (AvgIpc) is 3.54. The van der Waals surface area contributed by atoms with E-state index in [1.54, 1.807) is 30.3 Å². The lowest BCUT2D eigenvalue weighted by Gasteiger charge is -2.33. The second-order valence-electron chi connectivity index (χ2n) is 11.5. The Morgan fingerprint density at radius 3 is 2.20 bits per heavy atom. The van der Waals surface area contributed by atoms with Crippen LogP contribution in [0, 0.1) is 5.92 Å². The van der Waals surface area contributed by atoms with Crippen molar-refractivity contribution in [3.8, 4) is 11.5 Å². The van der Waals surface area contributed by atoms with E-state index in [1.165, 1.54) is 77.5 Å². The quantitative estimate of drug-likeness (QED) is 0.231. The first-order valence-corrected chi connectivity index (χ1v) is 16.8. The van der Waals surface area contributed by atoms with E-state index in [4.69, 9.17) is 24.7 Å². The molecule has 1 heterocycles. The number of ether oxygens (including phenoxy) is 4. The number of rotatable bonds is 12. The molecule has 3 aromatic carbocycles. The largest absolute Gasteiger partial charge is 0.493 e. The molecule has 3 atom stereocenters. The van der Waals surface area contributed by atoms with Crippen LogP contribution in [0.2, 0.25) is 0 Å². The molecule has 4 rings (SSSR count). The van der Waals surface area contributed by atoms with Crippen LogP contribution in [0.5, 0.6) is 11.5 Å². The fourth-order valence-corrected chi connectivity index (χ4v) is 7.05. The highest BCUT2D eigenvalue weighted by atomic mass is 32.2. The van der Waals surface area contributed by atoms with Crippen molar-refractivity contribution in [1.82, 2.24) is 4.90 Å². The fraction of sp³-hybridized carbons (Fsp3) is 0.353. The van der Waals surface area contributed by atoms with E-state index in [-0.39, 0.29) is 34.7 Å². The van der Waals surface area contributed by atoms with E-state index in [9.17, 15) is 27.6 Å². The molecule has 0 saturated carbocycles. The molecule has 262 valence electrons. The number of nitrogens with two attached hydrogens (primary N) is 1. The lowest BCUT2D eigenvalue weighted by molar-refractivity contribution is -0.147. The van der Waals surface area contributed by atoms with Gasteiger partial charge in [-0.3, -0.25) is 19.7 Å². The Hall–Kier alpha value is -5.31. The zero-order valence-corrected chi connectivity index (χ0v) is 28.8. The monoisotopic (exact) mass is 696 g/mol. The van der Waals surface area contributed by atoms with Crippen molar-refractivity contribution in [1.29, 1.82) is 0 Å². The number of esters is 1. The van der Waals surface area contributed by atoms with Gasteiger partial charge in [0.15, 0.2) is 21.3 Å². The number of carbonyl (C=O) groups excluding carboxylic acids is 4. The summed E-state index contributed by atoms with van der Waals surface area (Å²) in [5.41, 5.74) is 6.84. The van der Waals surface area contributed by atoms with Gasteiger partial charge in [-0.2, -0.15) is 0 Å². The summed E-state index contributed by atoms with van der Waals surface area (Å²) in [4.78, 5) is 53.6. The number of primary amides is 1. The average molecular weight is 697 g/mol. The normalized spacial score (nSPS) is 16.4. The predicted octanol–water partition coefficient (Wildman–Crippen LogP) is 4.08. The lowest BCUT2D eigenvalue weighted by Crippen LogP contribution is -2.40. The molecular weight excluding hydrogens is 656 g/mol. The van der Waals surface area contributed by atoms with Gasteiger partial charge in [0.25, 0.3) is 0 Å². The molecule has 0 aliphatic carbocycles. The van der Waals surface area contributed by atoms with Crippen LogP contribution in [0.1, 0.15) is 53.8 Å². The molecule has 0 aromatic heterocycles. The molecule has 0 spiro atoms. The number of hydrogen-bond donors (Lipinski definition) is 3. The van der Waals surface area contributed by atoms with Gasteiger partial charge in [0.2, 0.25) is 11.8 Å². The van der Waals surface area contributed by atoms with E-state index >= 15 is 0 Å². The number of amides is 3. The highest BCUT2D eigenvalue weighted by Gasteiger charge is 2.46. The Morgan fingerprint density at radius 2 is 1.59 bits per heavy atom. The van der Waals surface area contributed by atoms with E-state index in [2.05, 4.69) is 10.6 Å². The molecule has 49 heavy (non-hydrogen) atoms. The van der Waals surface area contributed by atoms with Gasteiger partial charge in [-0.1, -0.05) is 12.1 Å². The van der Waals surface area contributed by atoms with Gasteiger partial charge >= 0.3 is 12.1 Å². The summed E-state index contributed by atoms with van der Waals surface area (Å²) in [5.74, 6) is -2.07. The van der Waals surface area contributed by atoms with Gasteiger partial charge in [0.05, 0.1) is 50.5 Å². The van der Waals surface area contributed by atoms with E-state index < -0.39 is 57.0 Å². The van der Waals surface area contributed by atoms with Crippen molar-refractivity contribution in [3.05, 3.63) is 77.4 Å². The molecule has 1 aliphatic rings. The minimum absolute atomic E-state index is 0.0475. The van der Waals surface area contributed by atoms with Gasteiger partial charge < -0.3 is 34.9 Å². The maximum absolute atomic E-state index is 14.9. The molecule has 0 bridgehead atoms. The van der Waals surface area contributed by atoms with Crippen LogP contribution in [0.4, 0.5) is 16.2 Å². The molecule has 4 N–H and O–H groups in total. The Labute approximate surface area is 284 Å². The Morgan fingerprint density at radius 1 is 0.878 bits per heavy atom. The number of benzene rings is 3. The van der Waals surface area contributed by atoms with Crippen LogP contribution in [0.25, 0.3) is 0 Å². The SMILES string of the molecule is COC(=O)Nc1ccc(S(=O)(=O)C(C)C)c([C@H]2[C@@H](C(=O)OC)CCN2C(=O)[C@@H](Nc2cccc(C(N)=O)c2)c2ccc(OC)c(OC)c2)c1. The number of carbonyl (C=O) groups is 4. The third-order valence-corrected chi connectivity index (χ3v) is 10.5. The van der Waals surface area contributed by atoms with E-state index in [1.807, 2.05) is 0 Å². The summed E-state index contributed by atoms with van der Waals surface area (Å²) in [6.45, 7) is 3.09. The number of methoxy groups -OCH3 is 4. The lowest BCUT2D eigenvalue weighted by atomic mass is 9.92. The Bertz CT molecular complexity index is 1850. The first-order valence-electron chi connectivity index (χ1n) is 15.3. The van der Waals surface area contributed by atoms with Crippen LogP contribution in [-0.4, -0.2) is 77.4 Å². The van der Waals surface area contributed by atoms with Crippen LogP contribution in [-0.2, 0) is 28.9 Å². The number of likely N-dealkylation sites (tertiary alicyclic amines) is 1. The summed E-state index contributed by atoms with van der Waals surface area (Å²) < 4.78 is 48.2. The van der Waals surface area contributed by atoms with Crippen molar-refractivity contribution < 1.29 is 46.5 Å². The van der Waals surface area contributed by atoms with Crippen molar-refractivity contribution >= 4 is 45.1 Å². The van der Waals surface area contributed by atoms with Gasteiger partial charge in [-0.05, 0) is 79.9 Å². The predicted molar refractivity (Wildman–Crippen MR) is 180 cm³/mol. The third kappa shape index (κ3) is 7.72. The topological polar surface area (TPSA) is 193 Å². The molecule has 3 amide bonds. The third-order valence-electron chi connectivity index (χ3n) is 8.32. The molecular formula is C34H40N4O10S. The summed E-state index contributed by atoms with van der Waals surface area (Å²) in [7, 11) is 1.34. The molecule has 0 unspecified atom stereocenters. The van der Waals surface area contributed by atoms with Crippen LogP contribution in [0.3, 0.4) is 0 Å². The first-order chi connectivity index (χ1) is 23.3. The summed E-state index contributed by atoms with van der Waals surface area (Å²) in [6, 6.07) is 13.1. The molecule has 3 aromatic rings. The minimum Gasteiger partial charge on any atom is -0.493 e. The smallest absolute Gasteiger partial charge is 0.411 e. The molecule has 1 fully saturated rings. The van der Waals surface area contributed by atoms with Crippen molar-refractivity contribution in [2.24, 2.45) is 11.7 Å². The highest BCUT2D eigenvalue weighted by Crippen LogP contribution is 2.44. The zero-order valence-electron chi connectivity index (χ0n) is 28.0. The molecule has 1 aliphatic heterocycles.